The van der Waals surface area contributed by atoms with Crippen LogP contribution >= 0.6 is 0 Å². The van der Waals surface area contributed by atoms with Gasteiger partial charge in [-0.05, 0) is 12.1 Å². The number of likely N-dealkylation sites (N-methyl/N-ethyl adjacent to an activating group) is 1. The number of ether oxygens (including phenoxy) is 1. The van der Waals surface area contributed by atoms with Crippen LogP contribution in [0.1, 0.15) is 0 Å². The van der Waals surface area contributed by atoms with Crippen LogP contribution in [0.4, 0.5) is 5.69 Å². The zero-order chi connectivity index (χ0) is 16.4. The van der Waals surface area contributed by atoms with Gasteiger partial charge in [-0.1, -0.05) is 12.1 Å². The molecule has 1 aromatic carbocycles. The molecular formula is C15H21N3O4S. The largest absolute Gasteiger partial charge is 0.379 e. The van der Waals surface area contributed by atoms with Gasteiger partial charge < -0.3 is 9.64 Å². The molecule has 0 radical (unpaired) electrons. The maximum absolute atomic E-state index is 12.5. The fourth-order valence-electron chi connectivity index (χ4n) is 2.87. The molecule has 2 aliphatic rings. The third-order valence-electron chi connectivity index (χ3n) is 4.25. The highest BCUT2D eigenvalue weighted by Gasteiger charge is 2.34. The Morgan fingerprint density at radius 3 is 2.57 bits per heavy atom. The molecule has 1 saturated heterocycles. The van der Waals surface area contributed by atoms with E-state index in [-0.39, 0.29) is 17.3 Å². The summed E-state index contributed by atoms with van der Waals surface area (Å²) in [5.41, 5.74) is 0.468. The first-order valence-electron chi connectivity index (χ1n) is 7.66. The molecular weight excluding hydrogens is 318 g/mol. The summed E-state index contributed by atoms with van der Waals surface area (Å²) >= 11 is 0. The number of fused-ring (bicyclic) bond motifs is 1. The number of benzene rings is 1. The molecule has 0 bridgehead atoms. The number of rotatable bonds is 3. The van der Waals surface area contributed by atoms with Crippen LogP contribution in [0, 0.1) is 0 Å². The molecule has 126 valence electrons. The van der Waals surface area contributed by atoms with E-state index in [0.717, 1.165) is 17.4 Å². The SMILES string of the molecule is CN1CC(=O)N(CCN2CCOCC2)c2ccccc2S1(=O)=O. The van der Waals surface area contributed by atoms with Crippen molar-refractivity contribution in [2.24, 2.45) is 0 Å². The van der Waals surface area contributed by atoms with Crippen molar-refractivity contribution < 1.29 is 17.9 Å². The van der Waals surface area contributed by atoms with Gasteiger partial charge in [0.15, 0.2) is 0 Å². The van der Waals surface area contributed by atoms with Crippen LogP contribution in [-0.4, -0.2) is 76.5 Å². The van der Waals surface area contributed by atoms with Crippen molar-refractivity contribution in [3.05, 3.63) is 24.3 Å². The molecule has 1 amide bonds. The van der Waals surface area contributed by atoms with Crippen LogP contribution in [0.5, 0.6) is 0 Å². The first kappa shape index (κ1) is 16.4. The highest BCUT2D eigenvalue weighted by atomic mass is 32.2. The Labute approximate surface area is 136 Å². The third kappa shape index (κ3) is 3.25. The molecule has 1 fully saturated rings. The van der Waals surface area contributed by atoms with E-state index >= 15 is 0 Å². The third-order valence-corrected chi connectivity index (χ3v) is 6.10. The molecule has 0 N–H and O–H groups in total. The van der Waals surface area contributed by atoms with E-state index in [1.807, 2.05) is 0 Å². The summed E-state index contributed by atoms with van der Waals surface area (Å²) < 4.78 is 31.5. The average molecular weight is 339 g/mol. The monoisotopic (exact) mass is 339 g/mol. The molecule has 2 heterocycles. The van der Waals surface area contributed by atoms with E-state index in [0.29, 0.717) is 32.0 Å². The zero-order valence-corrected chi connectivity index (χ0v) is 14.0. The quantitative estimate of drug-likeness (QED) is 0.774. The molecule has 7 nitrogen and oxygen atoms in total. The van der Waals surface area contributed by atoms with Crippen LogP contribution in [0.2, 0.25) is 0 Å². The fourth-order valence-corrected chi connectivity index (χ4v) is 4.18. The van der Waals surface area contributed by atoms with Crippen molar-refractivity contribution in [3.8, 4) is 0 Å². The van der Waals surface area contributed by atoms with Crippen LogP contribution in [0.3, 0.4) is 0 Å². The number of hydrogen-bond acceptors (Lipinski definition) is 5. The summed E-state index contributed by atoms with van der Waals surface area (Å²) in [5, 5.41) is 0. The van der Waals surface area contributed by atoms with Crippen LogP contribution in [-0.2, 0) is 19.6 Å². The minimum Gasteiger partial charge on any atom is -0.379 e. The van der Waals surface area contributed by atoms with Gasteiger partial charge in [0.25, 0.3) is 0 Å². The maximum Gasteiger partial charge on any atom is 0.245 e. The zero-order valence-electron chi connectivity index (χ0n) is 13.1. The summed E-state index contributed by atoms with van der Waals surface area (Å²) in [5.74, 6) is -0.200. The Balaban J connectivity index is 1.87. The second kappa shape index (κ2) is 6.56. The van der Waals surface area contributed by atoms with E-state index in [2.05, 4.69) is 4.90 Å². The molecule has 0 atom stereocenters. The van der Waals surface area contributed by atoms with Gasteiger partial charge in [-0.2, -0.15) is 4.31 Å². The molecule has 0 spiro atoms. The topological polar surface area (TPSA) is 70.2 Å². The minimum atomic E-state index is -3.63. The van der Waals surface area contributed by atoms with Gasteiger partial charge >= 0.3 is 0 Å². The van der Waals surface area contributed by atoms with E-state index in [1.54, 1.807) is 29.2 Å². The molecule has 1 aromatic rings. The number of amides is 1. The smallest absolute Gasteiger partial charge is 0.245 e. The number of carbonyl (C=O) groups excluding carboxylic acids is 1. The summed E-state index contributed by atoms with van der Waals surface area (Å²) in [6.45, 7) is 4.10. The van der Waals surface area contributed by atoms with Crippen LogP contribution < -0.4 is 4.90 Å². The van der Waals surface area contributed by atoms with E-state index in [9.17, 15) is 13.2 Å². The van der Waals surface area contributed by atoms with Crippen molar-refractivity contribution in [2.45, 2.75) is 4.90 Å². The lowest BCUT2D eigenvalue weighted by atomic mass is 10.2. The fraction of sp³-hybridized carbons (Fsp3) is 0.533. The van der Waals surface area contributed by atoms with Crippen molar-refractivity contribution in [3.63, 3.8) is 0 Å². The van der Waals surface area contributed by atoms with Crippen molar-refractivity contribution in [2.75, 3.05) is 57.9 Å². The number of carbonyl (C=O) groups is 1. The van der Waals surface area contributed by atoms with Gasteiger partial charge in [0, 0.05) is 33.2 Å². The Kier molecular flexibility index (Phi) is 4.67. The maximum atomic E-state index is 12.5. The highest BCUT2D eigenvalue weighted by molar-refractivity contribution is 7.89. The number of hydrogen-bond donors (Lipinski definition) is 0. The summed E-state index contributed by atoms with van der Waals surface area (Å²) in [6, 6.07) is 6.69. The summed E-state index contributed by atoms with van der Waals surface area (Å²) in [6.07, 6.45) is 0. The Morgan fingerprint density at radius 2 is 1.83 bits per heavy atom. The Bertz CT molecular complexity index is 686. The van der Waals surface area contributed by atoms with Gasteiger partial charge in [-0.15, -0.1) is 0 Å². The number of para-hydroxylation sites is 1. The molecule has 0 aliphatic carbocycles. The second-order valence-electron chi connectivity index (χ2n) is 5.73. The van der Waals surface area contributed by atoms with Gasteiger partial charge in [-0.25, -0.2) is 8.42 Å². The van der Waals surface area contributed by atoms with Crippen molar-refractivity contribution in [1.82, 2.24) is 9.21 Å². The summed E-state index contributed by atoms with van der Waals surface area (Å²) in [7, 11) is -2.19. The Morgan fingerprint density at radius 1 is 1.13 bits per heavy atom. The lowest BCUT2D eigenvalue weighted by molar-refractivity contribution is -0.118. The molecule has 0 saturated carbocycles. The predicted molar refractivity (Wildman–Crippen MR) is 85.9 cm³/mol. The molecule has 0 aromatic heterocycles. The average Bonchev–Trinajstić information content (AvgIpc) is 2.62. The molecule has 3 rings (SSSR count). The Hall–Kier alpha value is -1.48. The van der Waals surface area contributed by atoms with E-state index < -0.39 is 10.0 Å². The van der Waals surface area contributed by atoms with Crippen LogP contribution in [0.25, 0.3) is 0 Å². The molecule has 23 heavy (non-hydrogen) atoms. The van der Waals surface area contributed by atoms with Gasteiger partial charge in [0.1, 0.15) is 4.90 Å². The predicted octanol–water partition coefficient (Wildman–Crippen LogP) is -0.0141. The molecule has 0 unspecified atom stereocenters. The second-order valence-corrected chi connectivity index (χ2v) is 7.74. The number of anilines is 1. The first-order valence-corrected chi connectivity index (χ1v) is 9.10. The van der Waals surface area contributed by atoms with Gasteiger partial charge in [0.05, 0.1) is 25.4 Å². The summed E-state index contributed by atoms with van der Waals surface area (Å²) in [4.78, 5) is 16.5. The molecule has 8 heteroatoms. The van der Waals surface area contributed by atoms with Crippen molar-refractivity contribution >= 4 is 21.6 Å². The van der Waals surface area contributed by atoms with Crippen molar-refractivity contribution in [1.29, 1.82) is 0 Å². The number of morpholine rings is 1. The van der Waals surface area contributed by atoms with Gasteiger partial charge in [-0.3, -0.25) is 9.69 Å². The first-order chi connectivity index (χ1) is 11.0. The standard InChI is InChI=1S/C15H21N3O4S/c1-16-12-15(19)18(7-6-17-8-10-22-11-9-17)13-4-2-3-5-14(13)23(16,20)21/h2-5H,6-12H2,1H3. The molecule has 2 aliphatic heterocycles. The lowest BCUT2D eigenvalue weighted by Gasteiger charge is -2.30. The number of nitrogens with zero attached hydrogens (tertiary/aromatic N) is 3. The van der Waals surface area contributed by atoms with Crippen LogP contribution in [0.15, 0.2) is 29.2 Å². The van der Waals surface area contributed by atoms with E-state index in [1.165, 1.54) is 7.05 Å². The highest BCUT2D eigenvalue weighted by Crippen LogP contribution is 2.30. The normalized spacial score (nSPS) is 22.7. The minimum absolute atomic E-state index is 0.139. The lowest BCUT2D eigenvalue weighted by Crippen LogP contribution is -2.44. The van der Waals surface area contributed by atoms with Gasteiger partial charge in [0.2, 0.25) is 15.9 Å². The van der Waals surface area contributed by atoms with E-state index in [4.69, 9.17) is 4.74 Å². The number of sulfonamides is 1.